The van der Waals surface area contributed by atoms with Crippen molar-refractivity contribution in [3.63, 3.8) is 0 Å². The SMILES string of the molecule is Cn1cc(CNCC2CCN(c3ncc(C(=O)NO)cn3)CC2)c2ccc(C(F)(F)F)cc21. The standard InChI is InChI=1S/C22H25F3N6O2/c1-30-13-16(18-3-2-17(8-19(18)30)22(23,24)25)10-26-9-14-4-6-31(7-5-14)21-27-11-15(12-28-21)20(32)29-33/h2-3,8,11-14,26,33H,4-7,9-10H2,1H3,(H,29,32). The monoisotopic (exact) mass is 462 g/mol. The molecule has 4 rings (SSSR count). The molecule has 33 heavy (non-hydrogen) atoms. The second kappa shape index (κ2) is 9.36. The van der Waals surface area contributed by atoms with Crippen LogP contribution in [-0.4, -0.2) is 45.3 Å². The smallest absolute Gasteiger partial charge is 0.350 e. The molecule has 1 saturated heterocycles. The second-order valence-electron chi connectivity index (χ2n) is 8.27. The summed E-state index contributed by atoms with van der Waals surface area (Å²) in [5.41, 5.74) is 2.63. The van der Waals surface area contributed by atoms with Crippen LogP contribution in [0.5, 0.6) is 0 Å². The molecule has 1 aliphatic heterocycles. The van der Waals surface area contributed by atoms with Crippen LogP contribution in [0, 0.1) is 5.92 Å². The first kappa shape index (κ1) is 23.0. The van der Waals surface area contributed by atoms with Crippen molar-refractivity contribution in [1.82, 2.24) is 25.3 Å². The summed E-state index contributed by atoms with van der Waals surface area (Å²) in [6.45, 7) is 2.96. The Labute approximate surface area is 188 Å². The summed E-state index contributed by atoms with van der Waals surface area (Å²) in [4.78, 5) is 21.8. The Morgan fingerprint density at radius 1 is 1.21 bits per heavy atom. The van der Waals surface area contributed by atoms with E-state index in [1.54, 1.807) is 23.2 Å². The van der Waals surface area contributed by atoms with Gasteiger partial charge in [-0.2, -0.15) is 13.2 Å². The van der Waals surface area contributed by atoms with E-state index in [4.69, 9.17) is 5.21 Å². The maximum absolute atomic E-state index is 13.0. The van der Waals surface area contributed by atoms with Crippen LogP contribution >= 0.6 is 0 Å². The number of hydroxylamine groups is 1. The van der Waals surface area contributed by atoms with Crippen LogP contribution in [0.2, 0.25) is 0 Å². The van der Waals surface area contributed by atoms with E-state index >= 15 is 0 Å². The van der Waals surface area contributed by atoms with Crippen LogP contribution in [0.4, 0.5) is 19.1 Å². The fraction of sp³-hybridized carbons (Fsp3) is 0.409. The van der Waals surface area contributed by atoms with Gasteiger partial charge in [-0.1, -0.05) is 6.07 Å². The number of halogens is 3. The second-order valence-corrected chi connectivity index (χ2v) is 8.27. The first-order valence-electron chi connectivity index (χ1n) is 10.6. The van der Waals surface area contributed by atoms with E-state index in [9.17, 15) is 18.0 Å². The Hall–Kier alpha value is -3.18. The van der Waals surface area contributed by atoms with Crippen molar-refractivity contribution < 1.29 is 23.2 Å². The van der Waals surface area contributed by atoms with E-state index in [-0.39, 0.29) is 5.56 Å². The third kappa shape index (κ3) is 5.09. The molecule has 3 N–H and O–H groups in total. The van der Waals surface area contributed by atoms with E-state index in [2.05, 4.69) is 20.2 Å². The number of nitrogens with one attached hydrogen (secondary N) is 2. The predicted octanol–water partition coefficient (Wildman–Crippen LogP) is 3.11. The average molecular weight is 462 g/mol. The fourth-order valence-corrected chi connectivity index (χ4v) is 4.20. The third-order valence-corrected chi connectivity index (χ3v) is 6.05. The summed E-state index contributed by atoms with van der Waals surface area (Å²) in [6.07, 6.45) is 2.16. The molecule has 3 heterocycles. The van der Waals surface area contributed by atoms with Crippen LogP contribution in [0.15, 0.2) is 36.8 Å². The molecule has 2 aromatic heterocycles. The number of piperidine rings is 1. The van der Waals surface area contributed by atoms with Crippen LogP contribution < -0.4 is 15.7 Å². The Morgan fingerprint density at radius 3 is 2.55 bits per heavy atom. The maximum atomic E-state index is 13.0. The van der Waals surface area contributed by atoms with Gasteiger partial charge in [-0.25, -0.2) is 15.4 Å². The molecule has 0 saturated carbocycles. The van der Waals surface area contributed by atoms with Crippen molar-refractivity contribution in [2.75, 3.05) is 24.5 Å². The molecule has 0 bridgehead atoms. The minimum Gasteiger partial charge on any atom is -0.350 e. The molecule has 3 aromatic rings. The largest absolute Gasteiger partial charge is 0.416 e. The molecule has 1 aromatic carbocycles. The highest BCUT2D eigenvalue weighted by Crippen LogP contribution is 2.32. The number of aryl methyl sites for hydroxylation is 1. The first-order chi connectivity index (χ1) is 15.8. The van der Waals surface area contributed by atoms with Gasteiger partial charge < -0.3 is 14.8 Å². The Balaban J connectivity index is 1.29. The Morgan fingerprint density at radius 2 is 1.91 bits per heavy atom. The highest BCUT2D eigenvalue weighted by Gasteiger charge is 2.31. The van der Waals surface area contributed by atoms with Crippen LogP contribution in [0.1, 0.15) is 34.3 Å². The number of anilines is 1. The number of carbonyl (C=O) groups excluding carboxylic acids is 1. The van der Waals surface area contributed by atoms with Crippen molar-refractivity contribution in [1.29, 1.82) is 0 Å². The van der Waals surface area contributed by atoms with Gasteiger partial charge >= 0.3 is 6.18 Å². The average Bonchev–Trinajstić information content (AvgIpc) is 3.13. The van der Waals surface area contributed by atoms with Gasteiger partial charge in [0.25, 0.3) is 5.91 Å². The highest BCUT2D eigenvalue weighted by atomic mass is 19.4. The highest BCUT2D eigenvalue weighted by molar-refractivity contribution is 5.92. The van der Waals surface area contributed by atoms with E-state index in [1.807, 2.05) is 6.20 Å². The Bertz CT molecular complexity index is 1120. The first-order valence-corrected chi connectivity index (χ1v) is 10.6. The summed E-state index contributed by atoms with van der Waals surface area (Å²) in [5, 5.41) is 12.9. The molecule has 1 aliphatic rings. The van der Waals surface area contributed by atoms with E-state index < -0.39 is 17.6 Å². The molecule has 11 heteroatoms. The minimum absolute atomic E-state index is 0.184. The van der Waals surface area contributed by atoms with Crippen LogP contribution in [0.3, 0.4) is 0 Å². The van der Waals surface area contributed by atoms with E-state index in [0.29, 0.717) is 23.9 Å². The molecular formula is C22H25F3N6O2. The third-order valence-electron chi connectivity index (χ3n) is 6.05. The molecular weight excluding hydrogens is 437 g/mol. The lowest BCUT2D eigenvalue weighted by Crippen LogP contribution is -2.38. The molecule has 0 unspecified atom stereocenters. The lowest BCUT2D eigenvalue weighted by Gasteiger charge is -2.32. The maximum Gasteiger partial charge on any atom is 0.416 e. The fourth-order valence-electron chi connectivity index (χ4n) is 4.20. The zero-order chi connectivity index (χ0) is 23.6. The van der Waals surface area contributed by atoms with Crippen molar-refractivity contribution in [2.24, 2.45) is 13.0 Å². The van der Waals surface area contributed by atoms with E-state index in [1.165, 1.54) is 18.5 Å². The van der Waals surface area contributed by atoms with Crippen LogP contribution in [-0.2, 0) is 19.8 Å². The van der Waals surface area contributed by atoms with Crippen molar-refractivity contribution in [2.45, 2.75) is 25.6 Å². The van der Waals surface area contributed by atoms with Gasteiger partial charge in [0.15, 0.2) is 0 Å². The molecule has 1 amide bonds. The summed E-state index contributed by atoms with van der Waals surface area (Å²) in [6, 6.07) is 3.87. The summed E-state index contributed by atoms with van der Waals surface area (Å²) in [5.74, 6) is 0.357. The lowest BCUT2D eigenvalue weighted by molar-refractivity contribution is -0.137. The zero-order valence-electron chi connectivity index (χ0n) is 18.1. The van der Waals surface area contributed by atoms with E-state index in [0.717, 1.165) is 49.5 Å². The number of rotatable bonds is 6. The van der Waals surface area contributed by atoms with Gasteiger partial charge in [-0.3, -0.25) is 10.0 Å². The number of aromatic nitrogens is 3. The molecule has 8 nitrogen and oxygen atoms in total. The lowest BCUT2D eigenvalue weighted by atomic mass is 9.97. The van der Waals surface area contributed by atoms with Gasteiger partial charge in [0.05, 0.1) is 11.1 Å². The molecule has 0 radical (unpaired) electrons. The predicted molar refractivity (Wildman–Crippen MR) is 116 cm³/mol. The van der Waals surface area contributed by atoms with Gasteiger partial charge in [-0.15, -0.1) is 0 Å². The number of nitrogens with zero attached hydrogens (tertiary/aromatic N) is 4. The number of benzene rings is 1. The number of fused-ring (bicyclic) bond motifs is 1. The quantitative estimate of drug-likeness (QED) is 0.385. The molecule has 0 atom stereocenters. The van der Waals surface area contributed by atoms with Crippen molar-refractivity contribution >= 4 is 22.8 Å². The number of carbonyl (C=O) groups is 1. The summed E-state index contributed by atoms with van der Waals surface area (Å²) in [7, 11) is 1.76. The molecule has 0 spiro atoms. The molecule has 0 aliphatic carbocycles. The number of hydrogen-bond acceptors (Lipinski definition) is 6. The van der Waals surface area contributed by atoms with Crippen molar-refractivity contribution in [3.05, 3.63) is 53.5 Å². The van der Waals surface area contributed by atoms with Gasteiger partial charge in [0, 0.05) is 56.2 Å². The minimum atomic E-state index is -4.35. The molecule has 176 valence electrons. The van der Waals surface area contributed by atoms with Crippen LogP contribution in [0.25, 0.3) is 10.9 Å². The number of hydrogen-bond donors (Lipinski definition) is 3. The van der Waals surface area contributed by atoms with Gasteiger partial charge in [0.2, 0.25) is 5.95 Å². The topological polar surface area (TPSA) is 95.3 Å². The van der Waals surface area contributed by atoms with Crippen molar-refractivity contribution in [3.8, 4) is 0 Å². The molecule has 1 fully saturated rings. The normalized spacial score (nSPS) is 15.2. The van der Waals surface area contributed by atoms with Gasteiger partial charge in [-0.05, 0) is 43.0 Å². The van der Waals surface area contributed by atoms with Gasteiger partial charge in [0.1, 0.15) is 0 Å². The summed E-state index contributed by atoms with van der Waals surface area (Å²) < 4.78 is 40.7. The zero-order valence-corrected chi connectivity index (χ0v) is 18.1. The number of alkyl halides is 3. The summed E-state index contributed by atoms with van der Waals surface area (Å²) >= 11 is 0. The Kier molecular flexibility index (Phi) is 6.52. The number of amides is 1.